The van der Waals surface area contributed by atoms with Gasteiger partial charge >= 0.3 is 0 Å². The second-order valence-electron chi connectivity index (χ2n) is 6.79. The van der Waals surface area contributed by atoms with Gasteiger partial charge in [0.15, 0.2) is 5.11 Å². The van der Waals surface area contributed by atoms with E-state index in [1.165, 1.54) is 31.4 Å². The molecule has 0 spiro atoms. The maximum absolute atomic E-state index is 5.76. The fraction of sp³-hybridized carbons (Fsp3) is 0.722. The molecule has 3 heterocycles. The number of ether oxygens (including phenoxy) is 1. The summed E-state index contributed by atoms with van der Waals surface area (Å²) < 4.78 is 7.64. The van der Waals surface area contributed by atoms with Crippen molar-refractivity contribution in [3.63, 3.8) is 0 Å². The van der Waals surface area contributed by atoms with Gasteiger partial charge < -0.3 is 19.5 Å². The van der Waals surface area contributed by atoms with Crippen molar-refractivity contribution in [2.75, 3.05) is 45.9 Å². The van der Waals surface area contributed by atoms with Gasteiger partial charge in [0.05, 0.1) is 19.3 Å². The highest BCUT2D eigenvalue weighted by Crippen LogP contribution is 2.30. The average molecular weight is 351 g/mol. The maximum Gasteiger partial charge on any atom is 0.169 e. The van der Waals surface area contributed by atoms with Crippen LogP contribution in [0.25, 0.3) is 0 Å². The van der Waals surface area contributed by atoms with Crippen LogP contribution < -0.4 is 5.32 Å². The minimum absolute atomic E-state index is 0.399. The molecule has 6 heteroatoms. The Hall–Kier alpha value is -1.11. The molecule has 1 aromatic heterocycles. The molecule has 2 fully saturated rings. The van der Waals surface area contributed by atoms with Crippen molar-refractivity contribution in [3.05, 3.63) is 24.0 Å². The third-order valence-corrected chi connectivity index (χ3v) is 5.53. The van der Waals surface area contributed by atoms with E-state index in [1.54, 1.807) is 0 Å². The summed E-state index contributed by atoms with van der Waals surface area (Å²) in [7, 11) is 2.13. The third kappa shape index (κ3) is 4.49. The number of morpholine rings is 1. The van der Waals surface area contributed by atoms with Crippen molar-refractivity contribution in [1.82, 2.24) is 19.7 Å². The molecule has 0 radical (unpaired) electrons. The number of aryl methyl sites for hydroxylation is 1. The maximum atomic E-state index is 5.76. The Labute approximate surface area is 150 Å². The molecular formula is C18H30N4OS. The van der Waals surface area contributed by atoms with E-state index < -0.39 is 0 Å². The fourth-order valence-electron chi connectivity index (χ4n) is 3.73. The average Bonchev–Trinajstić information content (AvgIpc) is 2.88. The first-order valence-electron chi connectivity index (χ1n) is 9.21. The number of rotatable bonds is 4. The Kier molecular flexibility index (Phi) is 6.51. The summed E-state index contributed by atoms with van der Waals surface area (Å²) in [6.45, 7) is 6.77. The molecule has 3 rings (SSSR count). The number of aromatic nitrogens is 1. The summed E-state index contributed by atoms with van der Waals surface area (Å²) in [6.07, 6.45) is 7.12. The van der Waals surface area contributed by atoms with Gasteiger partial charge in [-0.1, -0.05) is 12.8 Å². The molecular weight excluding hydrogens is 320 g/mol. The zero-order valence-electron chi connectivity index (χ0n) is 14.7. The van der Waals surface area contributed by atoms with E-state index in [4.69, 9.17) is 17.0 Å². The lowest BCUT2D eigenvalue weighted by atomic mass is 10.1. The Morgan fingerprint density at radius 3 is 2.83 bits per heavy atom. The summed E-state index contributed by atoms with van der Waals surface area (Å²) in [5.74, 6) is 0. The van der Waals surface area contributed by atoms with Gasteiger partial charge in [0, 0.05) is 51.7 Å². The Bertz CT molecular complexity index is 527. The van der Waals surface area contributed by atoms with Crippen LogP contribution in [0.1, 0.15) is 37.4 Å². The highest BCUT2D eigenvalue weighted by Gasteiger charge is 2.26. The van der Waals surface area contributed by atoms with E-state index >= 15 is 0 Å². The molecule has 134 valence electrons. The van der Waals surface area contributed by atoms with Crippen molar-refractivity contribution >= 4 is 17.3 Å². The van der Waals surface area contributed by atoms with Crippen molar-refractivity contribution in [2.45, 2.75) is 31.7 Å². The van der Waals surface area contributed by atoms with E-state index in [1.807, 2.05) is 0 Å². The van der Waals surface area contributed by atoms with Crippen molar-refractivity contribution in [2.24, 2.45) is 7.05 Å². The van der Waals surface area contributed by atoms with Crippen LogP contribution in [0.5, 0.6) is 0 Å². The molecule has 0 aliphatic carbocycles. The van der Waals surface area contributed by atoms with Gasteiger partial charge in [-0.2, -0.15) is 0 Å². The summed E-state index contributed by atoms with van der Waals surface area (Å²) in [5, 5.41) is 4.42. The zero-order chi connectivity index (χ0) is 16.8. The van der Waals surface area contributed by atoms with Gasteiger partial charge in [-0.15, -0.1) is 0 Å². The lowest BCUT2D eigenvalue weighted by Crippen LogP contribution is -2.46. The van der Waals surface area contributed by atoms with Gasteiger partial charge in [-0.3, -0.25) is 4.90 Å². The molecule has 0 aromatic carbocycles. The van der Waals surface area contributed by atoms with Crippen molar-refractivity contribution in [3.8, 4) is 0 Å². The van der Waals surface area contributed by atoms with Crippen LogP contribution in [0.15, 0.2) is 18.3 Å². The van der Waals surface area contributed by atoms with Gasteiger partial charge in [0.1, 0.15) is 0 Å². The topological polar surface area (TPSA) is 32.7 Å². The molecule has 5 nitrogen and oxygen atoms in total. The summed E-state index contributed by atoms with van der Waals surface area (Å²) in [4.78, 5) is 4.85. The predicted molar refractivity (Wildman–Crippen MR) is 101 cm³/mol. The molecule has 1 N–H and O–H groups in total. The number of nitrogens with zero attached hydrogens (tertiary/aromatic N) is 3. The van der Waals surface area contributed by atoms with Crippen LogP contribution >= 0.6 is 12.2 Å². The van der Waals surface area contributed by atoms with E-state index in [9.17, 15) is 0 Å². The molecule has 0 amide bonds. The van der Waals surface area contributed by atoms with E-state index in [0.29, 0.717) is 6.04 Å². The van der Waals surface area contributed by atoms with E-state index in [-0.39, 0.29) is 0 Å². The molecule has 1 atom stereocenters. The first kappa shape index (κ1) is 17.7. The highest BCUT2D eigenvalue weighted by molar-refractivity contribution is 7.80. The van der Waals surface area contributed by atoms with Crippen molar-refractivity contribution in [1.29, 1.82) is 0 Å². The van der Waals surface area contributed by atoms with Crippen LogP contribution in [-0.4, -0.2) is 65.4 Å². The monoisotopic (exact) mass is 350 g/mol. The minimum Gasteiger partial charge on any atom is -0.379 e. The number of hydrogen-bond acceptors (Lipinski definition) is 3. The van der Waals surface area contributed by atoms with Crippen LogP contribution in [0.3, 0.4) is 0 Å². The summed E-state index contributed by atoms with van der Waals surface area (Å²) >= 11 is 5.76. The number of thiocarbonyl (C=S) groups is 1. The number of likely N-dealkylation sites (tertiary alicyclic amines) is 1. The molecule has 2 saturated heterocycles. The SMILES string of the molecule is Cn1cccc1[C@@H]1CCCCCN1C(=S)NCCN1CCOCC1. The summed E-state index contributed by atoms with van der Waals surface area (Å²) in [5.41, 5.74) is 1.37. The van der Waals surface area contributed by atoms with Gasteiger partial charge in [-0.25, -0.2) is 0 Å². The second-order valence-corrected chi connectivity index (χ2v) is 7.18. The zero-order valence-corrected chi connectivity index (χ0v) is 15.6. The van der Waals surface area contributed by atoms with Crippen LogP contribution in [0.2, 0.25) is 0 Å². The number of nitrogens with one attached hydrogen (secondary N) is 1. The molecule has 1 aromatic rings. The van der Waals surface area contributed by atoms with Gasteiger partial charge in [0.2, 0.25) is 0 Å². The predicted octanol–water partition coefficient (Wildman–Crippen LogP) is 2.15. The highest BCUT2D eigenvalue weighted by atomic mass is 32.1. The molecule has 24 heavy (non-hydrogen) atoms. The van der Waals surface area contributed by atoms with Crippen LogP contribution in [0, 0.1) is 0 Å². The van der Waals surface area contributed by atoms with Crippen molar-refractivity contribution < 1.29 is 4.74 Å². The quantitative estimate of drug-likeness (QED) is 0.842. The fourth-order valence-corrected chi connectivity index (χ4v) is 4.05. The second kappa shape index (κ2) is 8.83. The van der Waals surface area contributed by atoms with Gasteiger partial charge in [-0.05, 0) is 37.2 Å². The molecule has 0 bridgehead atoms. The third-order valence-electron chi connectivity index (χ3n) is 5.15. The summed E-state index contributed by atoms with van der Waals surface area (Å²) in [6, 6.07) is 4.77. The molecule has 0 saturated carbocycles. The molecule has 0 unspecified atom stereocenters. The Morgan fingerprint density at radius 1 is 1.25 bits per heavy atom. The van der Waals surface area contributed by atoms with Gasteiger partial charge in [0.25, 0.3) is 0 Å². The normalized spacial score (nSPS) is 23.0. The largest absolute Gasteiger partial charge is 0.379 e. The smallest absolute Gasteiger partial charge is 0.169 e. The minimum atomic E-state index is 0.399. The Morgan fingerprint density at radius 2 is 2.08 bits per heavy atom. The Balaban J connectivity index is 1.56. The number of hydrogen-bond donors (Lipinski definition) is 1. The molecule has 2 aliphatic heterocycles. The first-order valence-corrected chi connectivity index (χ1v) is 9.62. The first-order chi connectivity index (χ1) is 11.8. The van der Waals surface area contributed by atoms with Crippen LogP contribution in [-0.2, 0) is 11.8 Å². The van der Waals surface area contributed by atoms with E-state index in [2.05, 4.69) is 45.1 Å². The van der Waals surface area contributed by atoms with Crippen LogP contribution in [0.4, 0.5) is 0 Å². The standard InChI is InChI=1S/C18H30N4OS/c1-20-9-5-7-16(20)17-6-3-2-4-10-22(17)18(24)19-8-11-21-12-14-23-15-13-21/h5,7,9,17H,2-4,6,8,10-15H2,1H3,(H,19,24)/t17-/m0/s1. The lowest BCUT2D eigenvalue weighted by molar-refractivity contribution is 0.0388. The van der Waals surface area contributed by atoms with E-state index in [0.717, 1.165) is 51.0 Å². The molecule has 2 aliphatic rings. The lowest BCUT2D eigenvalue weighted by Gasteiger charge is -2.33.